The van der Waals surface area contributed by atoms with Crippen LogP contribution < -0.4 is 5.32 Å². The quantitative estimate of drug-likeness (QED) is 0.295. The van der Waals surface area contributed by atoms with Gasteiger partial charge in [0.25, 0.3) is 0 Å². The van der Waals surface area contributed by atoms with Crippen LogP contribution in [0.2, 0.25) is 0 Å². The summed E-state index contributed by atoms with van der Waals surface area (Å²) in [5.41, 5.74) is 4.06. The number of nitrogens with zero attached hydrogens (tertiary/aromatic N) is 4. The highest BCUT2D eigenvalue weighted by atomic mass is 127. The average molecular weight is 527 g/mol. The van der Waals surface area contributed by atoms with Crippen LogP contribution in [0, 0.1) is 0 Å². The molecular formula is C25H30IN5. The van der Waals surface area contributed by atoms with Crippen molar-refractivity contribution in [1.29, 1.82) is 0 Å². The number of piperidine rings is 1. The predicted octanol–water partition coefficient (Wildman–Crippen LogP) is 4.80. The van der Waals surface area contributed by atoms with E-state index in [0.29, 0.717) is 6.54 Å². The molecule has 1 N–H and O–H groups in total. The Morgan fingerprint density at radius 2 is 1.71 bits per heavy atom. The van der Waals surface area contributed by atoms with Gasteiger partial charge in [0.2, 0.25) is 0 Å². The number of likely N-dealkylation sites (tertiary alicyclic amines) is 1. The number of nitrogens with one attached hydrogen (secondary N) is 1. The molecule has 0 radical (unpaired) electrons. The fourth-order valence-electron chi connectivity index (χ4n) is 3.86. The molecule has 0 aliphatic carbocycles. The Kier molecular flexibility index (Phi) is 8.70. The first kappa shape index (κ1) is 23.1. The van der Waals surface area contributed by atoms with E-state index in [1.165, 1.54) is 16.7 Å². The average Bonchev–Trinajstić information content (AvgIpc) is 3.23. The summed E-state index contributed by atoms with van der Waals surface area (Å²) in [6.45, 7) is 3.46. The fourth-order valence-corrected chi connectivity index (χ4v) is 3.86. The van der Waals surface area contributed by atoms with E-state index in [1.807, 2.05) is 25.5 Å². The van der Waals surface area contributed by atoms with Crippen LogP contribution in [0.3, 0.4) is 0 Å². The number of guanidine groups is 1. The van der Waals surface area contributed by atoms with E-state index in [4.69, 9.17) is 0 Å². The van der Waals surface area contributed by atoms with Gasteiger partial charge in [-0.25, -0.2) is 4.98 Å². The first-order valence-corrected chi connectivity index (χ1v) is 10.6. The van der Waals surface area contributed by atoms with Gasteiger partial charge in [0.05, 0.1) is 6.54 Å². The zero-order valence-electron chi connectivity index (χ0n) is 17.9. The highest BCUT2D eigenvalue weighted by Crippen LogP contribution is 2.19. The second-order valence-corrected chi connectivity index (χ2v) is 7.56. The molecule has 0 atom stereocenters. The van der Waals surface area contributed by atoms with Crippen LogP contribution in [0.25, 0.3) is 6.08 Å². The maximum Gasteiger partial charge on any atom is 0.194 e. The highest BCUT2D eigenvalue weighted by molar-refractivity contribution is 14.0. The van der Waals surface area contributed by atoms with Gasteiger partial charge in [-0.05, 0) is 24.0 Å². The van der Waals surface area contributed by atoms with Crippen molar-refractivity contribution >= 4 is 36.0 Å². The van der Waals surface area contributed by atoms with Gasteiger partial charge < -0.3 is 14.8 Å². The Morgan fingerprint density at radius 3 is 2.39 bits per heavy atom. The summed E-state index contributed by atoms with van der Waals surface area (Å²) in [5, 5.41) is 3.51. The van der Waals surface area contributed by atoms with E-state index in [9.17, 15) is 0 Å². The molecule has 0 spiro atoms. The third-order valence-electron chi connectivity index (χ3n) is 5.49. The lowest BCUT2D eigenvalue weighted by atomic mass is 10.0. The van der Waals surface area contributed by atoms with Crippen molar-refractivity contribution in [2.75, 3.05) is 20.1 Å². The Hall–Kier alpha value is -2.61. The van der Waals surface area contributed by atoms with Gasteiger partial charge in [0, 0.05) is 39.1 Å². The Balaban J connectivity index is 0.00000272. The maximum absolute atomic E-state index is 4.54. The monoisotopic (exact) mass is 527 g/mol. The molecule has 3 aromatic rings. The second kappa shape index (κ2) is 11.7. The molecule has 162 valence electrons. The Morgan fingerprint density at radius 1 is 1.03 bits per heavy atom. The molecule has 0 saturated carbocycles. The topological polar surface area (TPSA) is 45.5 Å². The van der Waals surface area contributed by atoms with E-state index in [0.717, 1.165) is 44.3 Å². The van der Waals surface area contributed by atoms with Gasteiger partial charge in [-0.3, -0.25) is 4.99 Å². The number of halogens is 1. The van der Waals surface area contributed by atoms with Crippen molar-refractivity contribution in [3.05, 3.63) is 95.6 Å². The van der Waals surface area contributed by atoms with Crippen LogP contribution in [0.15, 0.2) is 83.6 Å². The molecule has 6 heteroatoms. The van der Waals surface area contributed by atoms with Gasteiger partial charge in [-0.15, -0.1) is 24.0 Å². The molecular weight excluding hydrogens is 497 g/mol. The van der Waals surface area contributed by atoms with Gasteiger partial charge >= 0.3 is 0 Å². The molecule has 4 rings (SSSR count). The van der Waals surface area contributed by atoms with Gasteiger partial charge in [0.15, 0.2) is 5.96 Å². The lowest BCUT2D eigenvalue weighted by Crippen LogP contribution is -2.44. The summed E-state index contributed by atoms with van der Waals surface area (Å²) in [6.07, 6.45) is 8.36. The first-order valence-electron chi connectivity index (χ1n) is 10.6. The predicted molar refractivity (Wildman–Crippen MR) is 139 cm³/mol. The molecule has 1 saturated heterocycles. The molecule has 1 aromatic heterocycles. The third kappa shape index (κ3) is 6.43. The minimum atomic E-state index is 0. The molecule has 1 aliphatic heterocycles. The van der Waals surface area contributed by atoms with Gasteiger partial charge in [0.1, 0.15) is 5.82 Å². The summed E-state index contributed by atoms with van der Waals surface area (Å²) < 4.78 is 2.19. The lowest BCUT2D eigenvalue weighted by molar-refractivity contribution is 0.374. The molecule has 1 fully saturated rings. The fraction of sp³-hybridized carbons (Fsp3) is 0.280. The highest BCUT2D eigenvalue weighted by Gasteiger charge is 2.17. The number of hydrogen-bond donors (Lipinski definition) is 1. The molecule has 5 nitrogen and oxygen atoms in total. The molecule has 1 aliphatic rings. The molecule has 2 heterocycles. The summed E-state index contributed by atoms with van der Waals surface area (Å²) in [4.78, 5) is 11.4. The van der Waals surface area contributed by atoms with Crippen molar-refractivity contribution in [2.24, 2.45) is 4.99 Å². The lowest BCUT2D eigenvalue weighted by Gasteiger charge is -2.31. The van der Waals surface area contributed by atoms with Crippen LogP contribution >= 0.6 is 24.0 Å². The zero-order chi connectivity index (χ0) is 20.6. The minimum Gasteiger partial charge on any atom is -0.349 e. The SMILES string of the molecule is CN=C(NCc1nccn1Cc1ccccc1)N1CCC(=Cc2ccccc2)CC1.I. The number of rotatable bonds is 5. The molecule has 0 unspecified atom stereocenters. The van der Waals surface area contributed by atoms with Crippen LogP contribution in [0.1, 0.15) is 29.8 Å². The summed E-state index contributed by atoms with van der Waals surface area (Å²) >= 11 is 0. The van der Waals surface area contributed by atoms with Gasteiger partial charge in [-0.1, -0.05) is 72.3 Å². The number of hydrogen-bond acceptors (Lipinski definition) is 2. The normalized spacial score (nSPS) is 14.2. The van der Waals surface area contributed by atoms with Gasteiger partial charge in [-0.2, -0.15) is 0 Å². The van der Waals surface area contributed by atoms with Crippen molar-refractivity contribution in [1.82, 2.24) is 19.8 Å². The van der Waals surface area contributed by atoms with Crippen LogP contribution in [0.5, 0.6) is 0 Å². The van der Waals surface area contributed by atoms with E-state index >= 15 is 0 Å². The summed E-state index contributed by atoms with van der Waals surface area (Å²) in [6, 6.07) is 21.0. The number of imidazole rings is 1. The standard InChI is InChI=1S/C25H29N5.HI/c1-26-25(29-15-12-22(13-16-29)18-21-8-4-2-5-9-21)28-19-24-27-14-17-30(24)20-23-10-6-3-7-11-23;/h2-11,14,17-18H,12-13,15-16,19-20H2,1H3,(H,26,28);1H. The maximum atomic E-state index is 4.54. The number of benzene rings is 2. The molecule has 31 heavy (non-hydrogen) atoms. The number of aliphatic imine (C=N–C) groups is 1. The number of aromatic nitrogens is 2. The summed E-state index contributed by atoms with van der Waals surface area (Å²) in [5.74, 6) is 1.96. The molecule has 0 bridgehead atoms. The first-order chi connectivity index (χ1) is 14.8. The van der Waals surface area contributed by atoms with E-state index in [2.05, 4.69) is 85.4 Å². The van der Waals surface area contributed by atoms with Crippen molar-refractivity contribution in [2.45, 2.75) is 25.9 Å². The smallest absolute Gasteiger partial charge is 0.194 e. The van der Waals surface area contributed by atoms with E-state index in [1.54, 1.807) is 0 Å². The van der Waals surface area contributed by atoms with E-state index in [-0.39, 0.29) is 24.0 Å². The Bertz CT molecular complexity index is 985. The second-order valence-electron chi connectivity index (χ2n) is 7.56. The zero-order valence-corrected chi connectivity index (χ0v) is 20.3. The summed E-state index contributed by atoms with van der Waals surface area (Å²) in [7, 11) is 1.86. The molecule has 2 aromatic carbocycles. The molecule has 0 amide bonds. The van der Waals surface area contributed by atoms with Crippen molar-refractivity contribution in [3.63, 3.8) is 0 Å². The van der Waals surface area contributed by atoms with Crippen molar-refractivity contribution < 1.29 is 0 Å². The van der Waals surface area contributed by atoms with Crippen molar-refractivity contribution in [3.8, 4) is 0 Å². The Labute approximate surface area is 201 Å². The third-order valence-corrected chi connectivity index (χ3v) is 5.49. The minimum absolute atomic E-state index is 0. The largest absolute Gasteiger partial charge is 0.349 e. The van der Waals surface area contributed by atoms with Crippen LogP contribution in [-0.2, 0) is 13.1 Å². The van der Waals surface area contributed by atoms with Crippen LogP contribution in [0.4, 0.5) is 0 Å². The van der Waals surface area contributed by atoms with Crippen LogP contribution in [-0.4, -0.2) is 40.5 Å². The van der Waals surface area contributed by atoms with E-state index < -0.39 is 0 Å².